The summed E-state index contributed by atoms with van der Waals surface area (Å²) < 4.78 is 17.4. The topological polar surface area (TPSA) is 61.8 Å². The number of ether oxygens (including phenoxy) is 3. The largest absolute Gasteiger partial charge is 0.462 e. The lowest BCUT2D eigenvalue weighted by molar-refractivity contribution is -0.163. The first-order chi connectivity index (χ1) is 30.6. The highest BCUT2D eigenvalue weighted by Gasteiger charge is 2.17. The number of rotatable bonds is 49. The van der Waals surface area contributed by atoms with Gasteiger partial charge in [-0.3, -0.25) is 9.59 Å². The van der Waals surface area contributed by atoms with Crippen LogP contribution in [0.5, 0.6) is 0 Å². The first kappa shape index (κ1) is 59.6. The van der Waals surface area contributed by atoms with Crippen LogP contribution in [0.4, 0.5) is 0 Å². The van der Waals surface area contributed by atoms with Crippen LogP contribution in [-0.2, 0) is 23.8 Å². The van der Waals surface area contributed by atoms with Crippen molar-refractivity contribution >= 4 is 11.9 Å². The Morgan fingerprint density at radius 1 is 0.355 bits per heavy atom. The predicted molar refractivity (Wildman–Crippen MR) is 270 cm³/mol. The Labute approximate surface area is 385 Å². The van der Waals surface area contributed by atoms with Crippen molar-refractivity contribution in [3.63, 3.8) is 0 Å². The molecule has 0 rings (SSSR count). The standard InChI is InChI=1S/C57H102O5/c1-4-7-10-13-16-19-22-25-27-29-30-33-35-38-41-44-47-50-56(58)61-54-55(62-57(59)51-48-45-42-39-36-32-24-21-18-15-12-9-6-3)53-60-52-49-46-43-40-37-34-31-28-26-23-20-17-14-11-8-5-2/h16-17,19-21,24-28,55H,4-15,18,22-23,29-54H2,1-3H3/b19-16-,20-17-,24-21-,27-25-,28-26-. The maximum atomic E-state index is 12.8. The van der Waals surface area contributed by atoms with Crippen molar-refractivity contribution in [2.45, 2.75) is 271 Å². The second-order valence-electron chi connectivity index (χ2n) is 17.8. The smallest absolute Gasteiger partial charge is 0.306 e. The number of carbonyl (C=O) groups excluding carboxylic acids is 2. The summed E-state index contributed by atoms with van der Waals surface area (Å²) in [4.78, 5) is 25.4. The van der Waals surface area contributed by atoms with Gasteiger partial charge < -0.3 is 14.2 Å². The van der Waals surface area contributed by atoms with Crippen molar-refractivity contribution in [1.29, 1.82) is 0 Å². The summed E-state index contributed by atoms with van der Waals surface area (Å²) in [6.07, 6.45) is 66.5. The van der Waals surface area contributed by atoms with Crippen LogP contribution in [0, 0.1) is 0 Å². The molecule has 0 fully saturated rings. The average molecular weight is 867 g/mol. The Hall–Kier alpha value is -2.40. The zero-order chi connectivity index (χ0) is 44.9. The zero-order valence-corrected chi connectivity index (χ0v) is 41.4. The van der Waals surface area contributed by atoms with E-state index in [1.54, 1.807) is 0 Å². The number of hydrogen-bond acceptors (Lipinski definition) is 5. The van der Waals surface area contributed by atoms with Crippen molar-refractivity contribution in [1.82, 2.24) is 0 Å². The molecule has 0 aromatic rings. The molecule has 0 aliphatic heterocycles. The molecule has 5 nitrogen and oxygen atoms in total. The summed E-state index contributed by atoms with van der Waals surface area (Å²) >= 11 is 0. The fourth-order valence-corrected chi connectivity index (χ4v) is 7.45. The molecule has 0 spiro atoms. The molecule has 360 valence electrons. The molecular formula is C57H102O5. The molecule has 1 unspecified atom stereocenters. The van der Waals surface area contributed by atoms with E-state index in [-0.39, 0.29) is 25.2 Å². The molecule has 62 heavy (non-hydrogen) atoms. The molecule has 5 heteroatoms. The molecule has 0 heterocycles. The molecule has 0 aliphatic rings. The summed E-state index contributed by atoms with van der Waals surface area (Å²) in [5.74, 6) is -0.416. The molecule has 0 aromatic heterocycles. The van der Waals surface area contributed by atoms with E-state index in [0.29, 0.717) is 19.4 Å². The van der Waals surface area contributed by atoms with Gasteiger partial charge in [-0.25, -0.2) is 0 Å². The first-order valence-corrected chi connectivity index (χ1v) is 26.8. The van der Waals surface area contributed by atoms with E-state index in [2.05, 4.69) is 81.5 Å². The third-order valence-corrected chi connectivity index (χ3v) is 11.5. The lowest BCUT2D eigenvalue weighted by atomic mass is 10.1. The summed E-state index contributed by atoms with van der Waals surface area (Å²) in [5, 5.41) is 0. The molecule has 0 N–H and O–H groups in total. The van der Waals surface area contributed by atoms with Crippen LogP contribution in [0.25, 0.3) is 0 Å². The Kier molecular flexibility index (Phi) is 50.9. The Balaban J connectivity index is 4.29. The minimum absolute atomic E-state index is 0.0735. The molecule has 0 aliphatic carbocycles. The van der Waals surface area contributed by atoms with Crippen molar-refractivity contribution in [2.24, 2.45) is 0 Å². The van der Waals surface area contributed by atoms with E-state index in [9.17, 15) is 9.59 Å². The highest BCUT2D eigenvalue weighted by molar-refractivity contribution is 5.70. The summed E-state index contributed by atoms with van der Waals surface area (Å²) in [7, 11) is 0. The summed E-state index contributed by atoms with van der Waals surface area (Å²) in [5.41, 5.74) is 0. The molecule has 1 atom stereocenters. The van der Waals surface area contributed by atoms with E-state index in [4.69, 9.17) is 14.2 Å². The van der Waals surface area contributed by atoms with E-state index < -0.39 is 6.10 Å². The van der Waals surface area contributed by atoms with E-state index >= 15 is 0 Å². The van der Waals surface area contributed by atoms with Gasteiger partial charge in [-0.15, -0.1) is 0 Å². The molecule has 0 amide bonds. The van der Waals surface area contributed by atoms with Crippen LogP contribution < -0.4 is 0 Å². The minimum atomic E-state index is -0.549. The fourth-order valence-electron chi connectivity index (χ4n) is 7.45. The molecule has 0 radical (unpaired) electrons. The predicted octanol–water partition coefficient (Wildman–Crippen LogP) is 18.1. The van der Waals surface area contributed by atoms with Gasteiger partial charge in [-0.1, -0.05) is 204 Å². The van der Waals surface area contributed by atoms with Crippen molar-refractivity contribution < 1.29 is 23.8 Å². The quantitative estimate of drug-likeness (QED) is 0.0346. The van der Waals surface area contributed by atoms with Gasteiger partial charge in [0, 0.05) is 19.4 Å². The van der Waals surface area contributed by atoms with Crippen molar-refractivity contribution in [3.8, 4) is 0 Å². The second-order valence-corrected chi connectivity index (χ2v) is 17.8. The highest BCUT2D eigenvalue weighted by Crippen LogP contribution is 2.14. The lowest BCUT2D eigenvalue weighted by Gasteiger charge is -2.18. The van der Waals surface area contributed by atoms with Gasteiger partial charge >= 0.3 is 11.9 Å². The highest BCUT2D eigenvalue weighted by atomic mass is 16.6. The van der Waals surface area contributed by atoms with Gasteiger partial charge in [0.05, 0.1) is 6.61 Å². The van der Waals surface area contributed by atoms with Gasteiger partial charge in [-0.2, -0.15) is 0 Å². The van der Waals surface area contributed by atoms with Crippen LogP contribution in [0.2, 0.25) is 0 Å². The van der Waals surface area contributed by atoms with Crippen molar-refractivity contribution in [3.05, 3.63) is 60.8 Å². The third-order valence-electron chi connectivity index (χ3n) is 11.5. The van der Waals surface area contributed by atoms with Crippen LogP contribution >= 0.6 is 0 Å². The fraction of sp³-hybridized carbons (Fsp3) is 0.789. The number of carbonyl (C=O) groups is 2. The molecule has 0 saturated carbocycles. The van der Waals surface area contributed by atoms with Crippen LogP contribution in [0.3, 0.4) is 0 Å². The average Bonchev–Trinajstić information content (AvgIpc) is 3.27. The zero-order valence-electron chi connectivity index (χ0n) is 41.4. The number of esters is 2. The Bertz CT molecular complexity index is 1070. The Morgan fingerprint density at radius 2 is 0.677 bits per heavy atom. The summed E-state index contributed by atoms with van der Waals surface area (Å²) in [6.45, 7) is 7.75. The van der Waals surface area contributed by atoms with Gasteiger partial charge in [0.15, 0.2) is 6.10 Å². The number of allylic oxidation sites excluding steroid dienone is 10. The number of hydrogen-bond donors (Lipinski definition) is 0. The van der Waals surface area contributed by atoms with Crippen molar-refractivity contribution in [2.75, 3.05) is 19.8 Å². The minimum Gasteiger partial charge on any atom is -0.462 e. The molecule has 0 bridgehead atoms. The number of unbranched alkanes of at least 4 members (excludes halogenated alkanes) is 28. The molecule has 0 aromatic carbocycles. The van der Waals surface area contributed by atoms with Crippen LogP contribution in [0.15, 0.2) is 60.8 Å². The van der Waals surface area contributed by atoms with Crippen LogP contribution in [0.1, 0.15) is 265 Å². The van der Waals surface area contributed by atoms with E-state index in [0.717, 1.165) is 70.6 Å². The van der Waals surface area contributed by atoms with Crippen LogP contribution in [-0.4, -0.2) is 37.9 Å². The van der Waals surface area contributed by atoms with Gasteiger partial charge in [0.2, 0.25) is 0 Å². The first-order valence-electron chi connectivity index (χ1n) is 26.8. The van der Waals surface area contributed by atoms with Gasteiger partial charge in [0.1, 0.15) is 6.61 Å². The lowest BCUT2D eigenvalue weighted by Crippen LogP contribution is -2.30. The monoisotopic (exact) mass is 867 g/mol. The van der Waals surface area contributed by atoms with E-state index in [1.807, 2.05) is 0 Å². The second kappa shape index (κ2) is 52.9. The SMILES string of the molecule is CCCCC/C=C\C/C=C\CCCCCCCCCC(=O)OCC(COCCCCCCCC/C=C\C/C=C\CCCCC)OC(=O)CCCCCCC/C=C\CCCCCC. The van der Waals surface area contributed by atoms with Gasteiger partial charge in [0.25, 0.3) is 0 Å². The maximum absolute atomic E-state index is 12.8. The Morgan fingerprint density at radius 3 is 1.11 bits per heavy atom. The third kappa shape index (κ3) is 50.2. The normalized spacial score (nSPS) is 12.6. The molecular weight excluding hydrogens is 765 g/mol. The van der Waals surface area contributed by atoms with Gasteiger partial charge in [-0.05, 0) is 109 Å². The maximum Gasteiger partial charge on any atom is 0.306 e. The van der Waals surface area contributed by atoms with E-state index in [1.165, 1.54) is 161 Å². The molecule has 0 saturated heterocycles. The summed E-state index contributed by atoms with van der Waals surface area (Å²) in [6, 6.07) is 0.